The fourth-order valence-corrected chi connectivity index (χ4v) is 17.1. The largest absolute Gasteiger partial charge is 0.511 e. The molecule has 787 valence electrons. The molecule has 0 saturated heterocycles. The summed E-state index contributed by atoms with van der Waals surface area (Å²) in [6.45, 7) is 35.8. The van der Waals surface area contributed by atoms with Crippen molar-refractivity contribution in [1.82, 2.24) is 15.0 Å². The fraction of sp³-hybridized carbons (Fsp3) is 0.321. The van der Waals surface area contributed by atoms with Crippen molar-refractivity contribution in [1.29, 1.82) is 0 Å². The number of halogens is 2. The Morgan fingerprint density at radius 2 is 0.530 bits per heavy atom. The van der Waals surface area contributed by atoms with Crippen LogP contribution in [0, 0.1) is 89.2 Å². The van der Waals surface area contributed by atoms with Crippen LogP contribution in [0.2, 0.25) is 0 Å². The molecule has 0 amide bonds. The number of aromatic nitrogens is 3. The number of nitrogens with zero attached hydrogens (tertiary/aromatic N) is 3. The summed E-state index contributed by atoms with van der Waals surface area (Å²) in [5.41, 5.74) is 34.9. The second-order valence-corrected chi connectivity index (χ2v) is 43.4. The summed E-state index contributed by atoms with van der Waals surface area (Å²) in [5.74, 6) is 0.458. The predicted octanol–water partition coefficient (Wildman–Crippen LogP) is 37.6. The number of Topliss-reactive ketones (excluding diaryl/α,β-unsaturated/α-hetero) is 2. The minimum Gasteiger partial charge on any atom is -0.511 e. The number of rotatable bonds is 36. The first-order valence-corrected chi connectivity index (χ1v) is 53.9. The van der Waals surface area contributed by atoms with Crippen LogP contribution < -0.4 is 0 Å². The number of pyridine rings is 3. The molecule has 15 rings (SSSR count). The van der Waals surface area contributed by atoms with Gasteiger partial charge in [-0.25, -0.2) is 0 Å². The van der Waals surface area contributed by atoms with Crippen LogP contribution in [0.25, 0.3) is 134 Å². The number of allylic oxidation sites excluding steroid dienone is 2. The molecule has 2 N–H and O–H groups in total. The first kappa shape index (κ1) is 125. The number of aryl methyl sites for hydroxylation is 6. The van der Waals surface area contributed by atoms with Crippen molar-refractivity contribution in [2.45, 2.75) is 266 Å². The van der Waals surface area contributed by atoms with Crippen LogP contribution in [0.15, 0.2) is 340 Å². The van der Waals surface area contributed by atoms with Crippen molar-refractivity contribution in [3.8, 4) is 134 Å². The van der Waals surface area contributed by atoms with Gasteiger partial charge in [-0.05, 0) is 272 Å². The summed E-state index contributed by atoms with van der Waals surface area (Å²) in [6, 6.07) is 121. The van der Waals surface area contributed by atoms with E-state index in [1.165, 1.54) is 280 Å². The monoisotopic (exact) mass is 2560 g/mol. The summed E-state index contributed by atoms with van der Waals surface area (Å²) in [5, 5.41) is 10.8. The Labute approximate surface area is 945 Å². The Kier molecular flexibility index (Phi) is 53.8. The second-order valence-electron chi connectivity index (χ2n) is 42.6. The fourth-order valence-electron chi connectivity index (χ4n) is 17.1. The Hall–Kier alpha value is -10.8. The minimum absolute atomic E-state index is 0. The molecule has 149 heavy (non-hydrogen) atoms. The summed E-state index contributed by atoms with van der Waals surface area (Å²) in [7, 11) is 0. The normalized spacial score (nSPS) is 11.2. The molecular weight excluding hydrogens is 2400 g/mol. The van der Waals surface area contributed by atoms with Crippen molar-refractivity contribution in [3.63, 3.8) is 0 Å². The molecule has 3 heterocycles. The van der Waals surface area contributed by atoms with Crippen LogP contribution in [-0.4, -0.2) is 42.2 Å². The predicted molar refractivity (Wildman–Crippen MR) is 617 cm³/mol. The third-order valence-corrected chi connectivity index (χ3v) is 26.6. The number of carbonyl (C=O) groups excluding carboxylic acids is 3. The van der Waals surface area contributed by atoms with E-state index in [1.54, 1.807) is 0 Å². The van der Waals surface area contributed by atoms with Crippen LogP contribution >= 0.6 is 0 Å². The van der Waals surface area contributed by atoms with Gasteiger partial charge >= 0.3 is 5.78 Å². The topological polar surface area (TPSA) is 114 Å². The number of hydrogen-bond acceptors (Lipinski definition) is 6. The van der Waals surface area contributed by atoms with Gasteiger partial charge in [-0.2, -0.15) is 0 Å². The molecule has 0 aliphatic carbocycles. The number of aliphatic hydroxyl groups excluding tert-OH is 1. The van der Waals surface area contributed by atoms with Crippen molar-refractivity contribution < 1.29 is 103 Å². The molecule has 0 fully saturated rings. The van der Waals surface area contributed by atoms with Gasteiger partial charge in [0.05, 0.1) is 17.9 Å². The standard InChI is InChI=1S/3C38H38N.2C11H20O2.CH3Cl2.3Ir/c3*1-3-4-5-6-7-9-12-30-15-17-31(18-16-30)32-19-21-33(22-20-32)35-23-24-37(29(2)27-35)36-25-26-39-38(28-36)34-13-10-8-11-14-34;2*1-10(2,3)8(12)7-9(13)11(4,5)6;2-1-3;;;/h3*8,10-11,13,15-28H,3-7,9,12H2,1-2H3;7H2,1-6H3;7,12H,1-6H3;1-3H;;;/q3*-1;;;+1;;;/p+1. The van der Waals surface area contributed by atoms with Crippen LogP contribution in [0.4, 0.5) is 0 Å². The second kappa shape index (κ2) is 64.1. The van der Waals surface area contributed by atoms with E-state index in [2.05, 4.69) is 353 Å². The molecule has 7 nitrogen and oxygen atoms in total. The Morgan fingerprint density at radius 3 is 0.745 bits per heavy atom. The molecule has 3 aromatic heterocycles. The van der Waals surface area contributed by atoms with E-state index in [4.69, 9.17) is 0 Å². The van der Waals surface area contributed by atoms with Gasteiger partial charge in [0.25, 0.3) is 0 Å². The maximum absolute atomic E-state index is 11.5. The summed E-state index contributed by atoms with van der Waals surface area (Å²) >= 11 is 8.17. The SMILES string of the molecule is CC(C)(C)C(=O)CC(=O)C(C)(C)C.CC(C)(C)C(=[OH+])C=C(O)C(C)(C)C.CCCCCCCCc1ccc(-c2ccc(-c3ccc(-c4ccnc(-c5[c-]cccc5)c4)c(C)c3)cc2)cc1.CCCCCCCCc1ccc(-c2ccc(-c3ccc(-c4ccnc(-c5[c-]cccc5)c4)c(C)c3)cc2)cc1.CCCCCCCCc1ccc(-c2ccc(-c3ccc(-c4ccnc(-c5[c-]cccc5)c4)c(C)c3)cc2)cc1.[ClH+][CH-][ClH+].[Ir].[Ir].[Ir]. The van der Waals surface area contributed by atoms with E-state index in [0.717, 1.165) is 33.8 Å². The summed E-state index contributed by atoms with van der Waals surface area (Å²) in [6.07, 6.45) is 35.0. The molecular formula is C137H158Cl2Ir3N3O4-. The van der Waals surface area contributed by atoms with Gasteiger partial charge in [-0.1, -0.05) is 398 Å². The van der Waals surface area contributed by atoms with Gasteiger partial charge in [0, 0.05) is 95.2 Å². The van der Waals surface area contributed by atoms with Crippen LogP contribution in [0.1, 0.15) is 259 Å². The van der Waals surface area contributed by atoms with E-state index in [9.17, 15) is 19.5 Å². The van der Waals surface area contributed by atoms with Gasteiger partial charge in [0.1, 0.15) is 17.3 Å². The number of benzene rings is 12. The van der Waals surface area contributed by atoms with E-state index < -0.39 is 10.8 Å². The minimum atomic E-state index is -0.402. The molecule has 3 radical (unpaired) electrons. The van der Waals surface area contributed by atoms with E-state index >= 15 is 0 Å². The smallest absolute Gasteiger partial charge is 0.325 e. The van der Waals surface area contributed by atoms with Gasteiger partial charge in [-0.15, -0.1) is 108 Å². The summed E-state index contributed by atoms with van der Waals surface area (Å²) in [4.78, 5) is 46.3. The van der Waals surface area contributed by atoms with Crippen molar-refractivity contribution in [2.75, 3.05) is 0 Å². The van der Waals surface area contributed by atoms with E-state index in [0.29, 0.717) is 0 Å². The zero-order chi connectivity index (χ0) is 105. The Balaban J connectivity index is 0.000000264. The first-order chi connectivity index (χ1) is 70.1. The maximum atomic E-state index is 11.5. The molecule has 0 atom stereocenters. The Morgan fingerprint density at radius 1 is 0.302 bits per heavy atom. The van der Waals surface area contributed by atoms with Crippen molar-refractivity contribution in [2.24, 2.45) is 21.7 Å². The third kappa shape index (κ3) is 41.4. The molecule has 0 aliphatic heterocycles. The third-order valence-electron chi connectivity index (χ3n) is 26.6. The molecule has 12 heteroatoms. The van der Waals surface area contributed by atoms with Crippen LogP contribution in [-0.2, 0) is 89.2 Å². The molecule has 12 aromatic carbocycles. The van der Waals surface area contributed by atoms with Gasteiger partial charge in [0.2, 0.25) is 5.34 Å². The average molecular weight is 2560 g/mol. The first-order valence-electron chi connectivity index (χ1n) is 53.0. The van der Waals surface area contributed by atoms with Gasteiger partial charge in [0.15, 0.2) is 0 Å². The average Bonchev–Trinajstić information content (AvgIpc) is 0.807. The zero-order valence-electron chi connectivity index (χ0n) is 91.3. The van der Waals surface area contributed by atoms with Crippen LogP contribution in [0.3, 0.4) is 0 Å². The van der Waals surface area contributed by atoms with Crippen molar-refractivity contribution in [3.05, 3.63) is 397 Å². The van der Waals surface area contributed by atoms with Gasteiger partial charge in [-0.3, -0.25) is 14.4 Å². The van der Waals surface area contributed by atoms with E-state index in [-0.39, 0.29) is 101 Å². The number of carbonyl (C=O) groups is 2. The maximum Gasteiger partial charge on any atom is 0.325 e. The molecule has 0 spiro atoms. The van der Waals surface area contributed by atoms with E-state index in [1.807, 2.05) is 156 Å². The molecule has 0 bridgehead atoms. The van der Waals surface area contributed by atoms with Crippen LogP contribution in [0.5, 0.6) is 0 Å². The van der Waals surface area contributed by atoms with Crippen molar-refractivity contribution >= 4 is 17.3 Å². The molecule has 0 saturated carbocycles. The summed E-state index contributed by atoms with van der Waals surface area (Å²) < 4.78 is 0. The molecule has 15 aromatic rings. The number of hydrogen-bond donors (Lipinski definition) is 1. The molecule has 0 aliphatic rings. The number of ketones is 3. The number of unbranched alkanes of at least 4 members (excludes halogenated alkanes) is 15. The molecule has 0 unspecified atom stereocenters. The van der Waals surface area contributed by atoms with Gasteiger partial charge < -0.3 is 20.1 Å². The quantitative estimate of drug-likeness (QED) is 0.0104. The zero-order valence-corrected chi connectivity index (χ0v) is 100. The Bertz CT molecular complexity index is 5970. The number of aliphatic hydroxyl groups is 1.